The molecular formula is C19H25N3O4S. The monoisotopic (exact) mass is 391 g/mol. The van der Waals surface area contributed by atoms with Crippen LogP contribution >= 0.6 is 0 Å². The van der Waals surface area contributed by atoms with Crippen molar-refractivity contribution in [1.29, 1.82) is 0 Å². The molecule has 0 aromatic heterocycles. The summed E-state index contributed by atoms with van der Waals surface area (Å²) in [5.41, 5.74) is 6.19. The van der Waals surface area contributed by atoms with Crippen LogP contribution in [0.4, 0.5) is 10.5 Å². The van der Waals surface area contributed by atoms with Gasteiger partial charge in [0.15, 0.2) is 0 Å². The van der Waals surface area contributed by atoms with E-state index >= 15 is 0 Å². The number of urea groups is 1. The average molecular weight is 391 g/mol. The molecule has 0 bridgehead atoms. The molecule has 1 aromatic carbocycles. The van der Waals surface area contributed by atoms with Crippen molar-refractivity contribution in [2.24, 2.45) is 5.73 Å². The molecule has 0 radical (unpaired) electrons. The van der Waals surface area contributed by atoms with Gasteiger partial charge < -0.3 is 10.6 Å². The second-order valence-electron chi connectivity index (χ2n) is 8.27. The van der Waals surface area contributed by atoms with Crippen LogP contribution in [-0.4, -0.2) is 55.9 Å². The van der Waals surface area contributed by atoms with E-state index in [9.17, 15) is 18.0 Å². The van der Waals surface area contributed by atoms with Crippen molar-refractivity contribution in [2.75, 3.05) is 30.0 Å². The van der Waals surface area contributed by atoms with E-state index in [1.54, 1.807) is 9.80 Å². The first-order valence-corrected chi connectivity index (χ1v) is 11.4. The van der Waals surface area contributed by atoms with Gasteiger partial charge in [-0.15, -0.1) is 0 Å². The van der Waals surface area contributed by atoms with Crippen LogP contribution in [0.15, 0.2) is 24.3 Å². The Hall–Kier alpha value is -2.09. The zero-order chi connectivity index (χ0) is 19.4. The highest BCUT2D eigenvalue weighted by atomic mass is 32.2. The van der Waals surface area contributed by atoms with Crippen molar-refractivity contribution in [3.05, 3.63) is 29.8 Å². The second-order valence-corrected chi connectivity index (χ2v) is 10.4. The van der Waals surface area contributed by atoms with Crippen LogP contribution in [0.25, 0.3) is 0 Å². The maximum absolute atomic E-state index is 12.9. The molecule has 8 heteroatoms. The van der Waals surface area contributed by atoms with Crippen LogP contribution in [0.1, 0.15) is 37.7 Å². The molecule has 4 rings (SSSR count). The molecule has 0 spiro atoms. The highest BCUT2D eigenvalue weighted by molar-refractivity contribution is 7.90. The highest BCUT2D eigenvalue weighted by Gasteiger charge is 2.55. The van der Waals surface area contributed by atoms with E-state index in [-0.39, 0.29) is 23.7 Å². The van der Waals surface area contributed by atoms with Gasteiger partial charge in [0.25, 0.3) is 0 Å². The predicted molar refractivity (Wildman–Crippen MR) is 102 cm³/mol. The van der Waals surface area contributed by atoms with Gasteiger partial charge in [0.1, 0.15) is 15.4 Å². The molecule has 1 aromatic rings. The standard InChI is InChI=1S/C19H25N3O4S/c1-27(25,26)13-18(9-10-18)14-4-6-15(7-5-14)21-12-19(16(20)23)8-2-3-11-22(19)17(21)24/h4-7H,2-3,8-13H2,1H3,(H2,20,23)/t19-/m1/s1. The number of primary amides is 1. The lowest BCUT2D eigenvalue weighted by Crippen LogP contribution is -2.58. The summed E-state index contributed by atoms with van der Waals surface area (Å²) in [6.07, 6.45) is 5.35. The summed E-state index contributed by atoms with van der Waals surface area (Å²) in [5.74, 6) is -0.291. The van der Waals surface area contributed by atoms with Gasteiger partial charge in [-0.1, -0.05) is 12.1 Å². The zero-order valence-electron chi connectivity index (χ0n) is 15.5. The van der Waals surface area contributed by atoms with Gasteiger partial charge in [-0.3, -0.25) is 9.69 Å². The zero-order valence-corrected chi connectivity index (χ0v) is 16.3. The Bertz CT molecular complexity index is 892. The van der Waals surface area contributed by atoms with Crippen LogP contribution in [0.3, 0.4) is 0 Å². The molecule has 27 heavy (non-hydrogen) atoms. The number of nitrogens with zero attached hydrogens (tertiary/aromatic N) is 2. The number of fused-ring (bicyclic) bond motifs is 1. The van der Waals surface area contributed by atoms with Crippen LogP contribution in [0.2, 0.25) is 0 Å². The topological polar surface area (TPSA) is 101 Å². The van der Waals surface area contributed by atoms with Crippen LogP contribution in [0.5, 0.6) is 0 Å². The van der Waals surface area contributed by atoms with Crippen LogP contribution in [0, 0.1) is 0 Å². The number of nitrogens with two attached hydrogens (primary N) is 1. The van der Waals surface area contributed by atoms with E-state index in [1.807, 2.05) is 24.3 Å². The van der Waals surface area contributed by atoms with Gasteiger partial charge in [0.05, 0.1) is 12.3 Å². The second kappa shape index (κ2) is 5.95. The number of anilines is 1. The third kappa shape index (κ3) is 2.99. The fourth-order valence-corrected chi connectivity index (χ4v) is 6.11. The van der Waals surface area contributed by atoms with E-state index in [0.29, 0.717) is 18.7 Å². The van der Waals surface area contributed by atoms with Crippen LogP contribution < -0.4 is 10.6 Å². The molecule has 2 saturated heterocycles. The van der Waals surface area contributed by atoms with Gasteiger partial charge in [0.2, 0.25) is 5.91 Å². The van der Waals surface area contributed by atoms with Gasteiger partial charge >= 0.3 is 6.03 Å². The quantitative estimate of drug-likeness (QED) is 0.820. The van der Waals surface area contributed by atoms with E-state index in [1.165, 1.54) is 6.26 Å². The Morgan fingerprint density at radius 3 is 2.33 bits per heavy atom. The van der Waals surface area contributed by atoms with Gasteiger partial charge in [-0.2, -0.15) is 0 Å². The molecule has 146 valence electrons. The number of benzene rings is 1. The molecule has 2 heterocycles. The summed E-state index contributed by atoms with van der Waals surface area (Å²) in [6.45, 7) is 0.822. The average Bonchev–Trinajstić information content (AvgIpc) is 3.31. The molecule has 1 aliphatic carbocycles. The lowest BCUT2D eigenvalue weighted by molar-refractivity contribution is -0.128. The molecule has 2 aliphatic heterocycles. The van der Waals surface area contributed by atoms with Crippen molar-refractivity contribution in [3.63, 3.8) is 0 Å². The molecule has 7 nitrogen and oxygen atoms in total. The molecule has 0 unspecified atom stereocenters. The molecule has 1 saturated carbocycles. The maximum atomic E-state index is 12.9. The summed E-state index contributed by atoms with van der Waals surface area (Å²) in [7, 11) is -3.06. The Labute approximate surface area is 159 Å². The normalized spacial score (nSPS) is 26.8. The van der Waals surface area contributed by atoms with Gasteiger partial charge in [-0.25, -0.2) is 13.2 Å². The molecule has 2 N–H and O–H groups in total. The van der Waals surface area contributed by atoms with E-state index in [4.69, 9.17) is 5.73 Å². The maximum Gasteiger partial charge on any atom is 0.325 e. The van der Waals surface area contributed by atoms with Crippen molar-refractivity contribution in [1.82, 2.24) is 4.90 Å². The van der Waals surface area contributed by atoms with Crippen LogP contribution in [-0.2, 0) is 20.0 Å². The first-order chi connectivity index (χ1) is 12.7. The van der Waals surface area contributed by atoms with Crippen molar-refractivity contribution >= 4 is 27.5 Å². The minimum Gasteiger partial charge on any atom is -0.368 e. The van der Waals surface area contributed by atoms with Crippen molar-refractivity contribution in [3.8, 4) is 0 Å². The third-order valence-corrected chi connectivity index (χ3v) is 7.34. The first kappa shape index (κ1) is 18.3. The first-order valence-electron chi connectivity index (χ1n) is 9.34. The Morgan fingerprint density at radius 2 is 1.81 bits per heavy atom. The smallest absolute Gasteiger partial charge is 0.325 e. The SMILES string of the molecule is CS(=O)(=O)CC1(c2ccc(N3C[C@@]4(C(N)=O)CCCCN4C3=O)cc2)CC1. The number of hydrogen-bond acceptors (Lipinski definition) is 4. The third-order valence-electron chi connectivity index (χ3n) is 6.26. The Kier molecular flexibility index (Phi) is 4.03. The Balaban J connectivity index is 1.60. The van der Waals surface area contributed by atoms with E-state index in [0.717, 1.165) is 31.2 Å². The van der Waals surface area contributed by atoms with E-state index in [2.05, 4.69) is 0 Å². The summed E-state index contributed by atoms with van der Waals surface area (Å²) in [4.78, 5) is 28.3. The van der Waals surface area contributed by atoms with Crippen molar-refractivity contribution in [2.45, 2.75) is 43.1 Å². The molecular weight excluding hydrogens is 366 g/mol. The van der Waals surface area contributed by atoms with E-state index < -0.39 is 21.3 Å². The Morgan fingerprint density at radius 1 is 1.15 bits per heavy atom. The minimum absolute atomic E-state index is 0.153. The number of rotatable bonds is 5. The van der Waals surface area contributed by atoms with Crippen molar-refractivity contribution < 1.29 is 18.0 Å². The number of carbonyl (C=O) groups is 2. The molecule has 3 amide bonds. The fraction of sp³-hybridized carbons (Fsp3) is 0.579. The largest absolute Gasteiger partial charge is 0.368 e. The summed E-state index contributed by atoms with van der Waals surface area (Å²) in [5, 5.41) is 0. The number of amides is 3. The molecule has 3 aliphatic rings. The predicted octanol–water partition coefficient (Wildman–Crippen LogP) is 1.41. The lowest BCUT2D eigenvalue weighted by atomic mass is 9.87. The number of carbonyl (C=O) groups excluding carboxylic acids is 2. The molecule has 3 fully saturated rings. The molecule has 1 atom stereocenters. The van der Waals surface area contributed by atoms with Gasteiger partial charge in [-0.05, 0) is 49.8 Å². The summed E-state index contributed by atoms with van der Waals surface area (Å²) < 4.78 is 23.4. The lowest BCUT2D eigenvalue weighted by Gasteiger charge is -2.37. The number of hydrogen-bond donors (Lipinski definition) is 1. The highest BCUT2D eigenvalue weighted by Crippen LogP contribution is 2.49. The fourth-order valence-electron chi connectivity index (χ4n) is 4.65. The summed E-state index contributed by atoms with van der Waals surface area (Å²) >= 11 is 0. The number of sulfone groups is 1. The number of piperidine rings is 1. The minimum atomic E-state index is -3.06. The summed E-state index contributed by atoms with van der Waals surface area (Å²) in [6, 6.07) is 7.34. The van der Waals surface area contributed by atoms with Gasteiger partial charge in [0, 0.05) is 23.9 Å².